The Morgan fingerprint density at radius 3 is 2.26 bits per heavy atom. The third-order valence-electron chi connectivity index (χ3n) is 5.71. The number of halogens is 1. The Bertz CT molecular complexity index is 1270. The first-order valence-corrected chi connectivity index (χ1v) is 14.2. The number of hydrogen-bond donors (Lipinski definition) is 3. The molecule has 0 spiro atoms. The average molecular weight is 561 g/mol. The first kappa shape index (κ1) is 31.3. The number of carbonyl (C=O) groups excluding carboxylic acids is 1. The van der Waals surface area contributed by atoms with Gasteiger partial charge in [-0.05, 0) is 67.6 Å². The van der Waals surface area contributed by atoms with Crippen LogP contribution in [-0.4, -0.2) is 44.4 Å². The highest BCUT2D eigenvalue weighted by molar-refractivity contribution is 7.90. The lowest BCUT2D eigenvalue weighted by Gasteiger charge is -2.16. The largest absolute Gasteiger partial charge is 0.490 e. The molecule has 3 aromatic rings. The van der Waals surface area contributed by atoms with Crippen LogP contribution in [0.25, 0.3) is 11.1 Å². The van der Waals surface area contributed by atoms with E-state index in [-0.39, 0.29) is 29.8 Å². The number of aliphatic hydroxyl groups excluding tert-OH is 1. The molecule has 38 heavy (non-hydrogen) atoms. The number of carbonyl (C=O) groups is 1. The molecule has 0 radical (unpaired) electrons. The van der Waals surface area contributed by atoms with Crippen LogP contribution >= 0.6 is 12.4 Å². The topological polar surface area (TPSA) is 105 Å². The number of rotatable bonds is 13. The fraction of sp³-hybridized carbons (Fsp3) is 0.345. The lowest BCUT2D eigenvalue weighted by molar-refractivity contribution is 0.0975. The van der Waals surface area contributed by atoms with E-state index in [1.165, 1.54) is 0 Å². The summed E-state index contributed by atoms with van der Waals surface area (Å²) < 4.78 is 32.1. The van der Waals surface area contributed by atoms with Gasteiger partial charge in [0.25, 0.3) is 5.91 Å². The van der Waals surface area contributed by atoms with Crippen molar-refractivity contribution in [2.24, 2.45) is 0 Å². The number of hydrogen-bond acceptors (Lipinski definition) is 6. The monoisotopic (exact) mass is 560 g/mol. The standard InChI is InChI=1S/C29H36N2O5S.ClH/c1-4-18-37(34,35)31-29(33)26-15-14-25(19-28(26)36-21(2)3)23-12-10-22(11-13-23)16-17-30-20-27(32)24-8-6-5-7-9-24;/h5-15,19,21,27,30,32H,4,16-18,20H2,1-3H3,(H,31,33);1H/t27-;/m0./s1. The van der Waals surface area contributed by atoms with Crippen LogP contribution < -0.4 is 14.8 Å². The minimum atomic E-state index is -3.69. The molecule has 3 N–H and O–H groups in total. The summed E-state index contributed by atoms with van der Waals surface area (Å²) >= 11 is 0. The van der Waals surface area contributed by atoms with Crippen molar-refractivity contribution in [3.05, 3.63) is 89.5 Å². The third kappa shape index (κ3) is 9.44. The number of sulfonamides is 1. The lowest BCUT2D eigenvalue weighted by Crippen LogP contribution is -2.32. The maximum atomic E-state index is 12.7. The smallest absolute Gasteiger partial charge is 0.268 e. The molecule has 7 nitrogen and oxygen atoms in total. The van der Waals surface area contributed by atoms with Gasteiger partial charge in [0.2, 0.25) is 10.0 Å². The summed E-state index contributed by atoms with van der Waals surface area (Å²) in [5, 5.41) is 13.6. The minimum Gasteiger partial charge on any atom is -0.490 e. The molecule has 9 heteroatoms. The Hall–Kier alpha value is -2.91. The number of benzene rings is 3. The zero-order valence-electron chi connectivity index (χ0n) is 22.0. The summed E-state index contributed by atoms with van der Waals surface area (Å²) in [6, 6.07) is 22.8. The summed E-state index contributed by atoms with van der Waals surface area (Å²) in [5.41, 5.74) is 4.04. The van der Waals surface area contributed by atoms with Crippen LogP contribution in [0.1, 0.15) is 54.8 Å². The van der Waals surface area contributed by atoms with Gasteiger partial charge in [0.15, 0.2) is 0 Å². The van der Waals surface area contributed by atoms with E-state index >= 15 is 0 Å². The molecular formula is C29H37ClN2O5S. The first-order chi connectivity index (χ1) is 17.7. The zero-order chi connectivity index (χ0) is 26.8. The van der Waals surface area contributed by atoms with E-state index in [1.807, 2.05) is 68.4 Å². The first-order valence-electron chi connectivity index (χ1n) is 12.6. The van der Waals surface area contributed by atoms with Crippen molar-refractivity contribution in [2.45, 2.75) is 45.8 Å². The van der Waals surface area contributed by atoms with Crippen LogP contribution in [0.15, 0.2) is 72.8 Å². The van der Waals surface area contributed by atoms with Gasteiger partial charge in [-0.15, -0.1) is 12.4 Å². The van der Waals surface area contributed by atoms with Crippen LogP contribution in [0.2, 0.25) is 0 Å². The number of aliphatic hydroxyl groups is 1. The van der Waals surface area contributed by atoms with Crippen molar-refractivity contribution < 1.29 is 23.1 Å². The van der Waals surface area contributed by atoms with Crippen molar-refractivity contribution in [3.8, 4) is 16.9 Å². The van der Waals surface area contributed by atoms with E-state index in [9.17, 15) is 18.3 Å². The lowest BCUT2D eigenvalue weighted by atomic mass is 10.0. The molecular weight excluding hydrogens is 524 g/mol. The molecule has 3 rings (SSSR count). The summed E-state index contributed by atoms with van der Waals surface area (Å²) in [5.74, 6) is -0.482. The maximum Gasteiger partial charge on any atom is 0.268 e. The van der Waals surface area contributed by atoms with E-state index in [0.29, 0.717) is 18.7 Å². The molecule has 206 valence electrons. The van der Waals surface area contributed by atoms with Crippen LogP contribution in [0.5, 0.6) is 5.75 Å². The fourth-order valence-corrected chi connectivity index (χ4v) is 4.92. The van der Waals surface area contributed by atoms with E-state index < -0.39 is 22.0 Å². The van der Waals surface area contributed by atoms with Crippen LogP contribution in [-0.2, 0) is 16.4 Å². The fourth-order valence-electron chi connectivity index (χ4n) is 3.89. The van der Waals surface area contributed by atoms with Gasteiger partial charge in [-0.25, -0.2) is 13.1 Å². The van der Waals surface area contributed by atoms with Crippen molar-refractivity contribution in [1.82, 2.24) is 10.0 Å². The molecule has 0 heterocycles. The molecule has 3 aromatic carbocycles. The van der Waals surface area contributed by atoms with Crippen molar-refractivity contribution in [3.63, 3.8) is 0 Å². The molecule has 0 saturated carbocycles. The Morgan fingerprint density at radius 1 is 0.974 bits per heavy atom. The van der Waals surface area contributed by atoms with Crippen LogP contribution in [0, 0.1) is 0 Å². The predicted molar refractivity (Wildman–Crippen MR) is 154 cm³/mol. The summed E-state index contributed by atoms with van der Waals surface area (Å²) in [6.45, 7) is 6.67. The SMILES string of the molecule is CCCS(=O)(=O)NC(=O)c1ccc(-c2ccc(CCNC[C@H](O)c3ccccc3)cc2)cc1OC(C)C.Cl. The minimum absolute atomic E-state index is 0. The number of amides is 1. The Morgan fingerprint density at radius 2 is 1.63 bits per heavy atom. The molecule has 0 aliphatic heterocycles. The van der Waals surface area contributed by atoms with Gasteiger partial charge < -0.3 is 15.2 Å². The Kier molecular flexibility index (Phi) is 12.3. The van der Waals surface area contributed by atoms with Gasteiger partial charge >= 0.3 is 0 Å². The highest BCUT2D eigenvalue weighted by atomic mass is 35.5. The Balaban J connectivity index is 0.00000507. The van der Waals surface area contributed by atoms with Crippen LogP contribution in [0.4, 0.5) is 0 Å². The van der Waals surface area contributed by atoms with Gasteiger partial charge in [0, 0.05) is 6.54 Å². The maximum absolute atomic E-state index is 12.7. The quantitative estimate of drug-likeness (QED) is 0.257. The summed E-state index contributed by atoms with van der Waals surface area (Å²) in [6.07, 6.45) is 0.500. The van der Waals surface area contributed by atoms with E-state index in [2.05, 4.69) is 10.0 Å². The molecule has 1 atom stereocenters. The van der Waals surface area contributed by atoms with Gasteiger partial charge in [0.05, 0.1) is 23.5 Å². The normalized spacial score (nSPS) is 12.0. The van der Waals surface area contributed by atoms with Gasteiger partial charge in [-0.2, -0.15) is 0 Å². The van der Waals surface area contributed by atoms with E-state index in [1.54, 1.807) is 25.1 Å². The summed E-state index contributed by atoms with van der Waals surface area (Å²) in [7, 11) is -3.69. The van der Waals surface area contributed by atoms with Gasteiger partial charge in [-0.1, -0.05) is 67.6 Å². The molecule has 0 saturated heterocycles. The van der Waals surface area contributed by atoms with Gasteiger partial charge in [-0.3, -0.25) is 4.79 Å². The van der Waals surface area contributed by atoms with Crippen molar-refractivity contribution >= 4 is 28.3 Å². The van der Waals surface area contributed by atoms with Crippen molar-refractivity contribution in [1.29, 1.82) is 0 Å². The second kappa shape index (κ2) is 14.9. The second-order valence-corrected chi connectivity index (χ2v) is 11.0. The second-order valence-electron chi connectivity index (χ2n) is 9.21. The Labute approximate surface area is 232 Å². The van der Waals surface area contributed by atoms with Crippen molar-refractivity contribution in [2.75, 3.05) is 18.8 Å². The molecule has 0 aliphatic carbocycles. The van der Waals surface area contributed by atoms with E-state index in [4.69, 9.17) is 4.74 Å². The zero-order valence-corrected chi connectivity index (χ0v) is 23.6. The molecule has 0 fully saturated rings. The molecule has 0 unspecified atom stereocenters. The average Bonchev–Trinajstić information content (AvgIpc) is 2.86. The highest BCUT2D eigenvalue weighted by Crippen LogP contribution is 2.29. The number of ether oxygens (including phenoxy) is 1. The van der Waals surface area contributed by atoms with Crippen LogP contribution in [0.3, 0.4) is 0 Å². The van der Waals surface area contributed by atoms with E-state index in [0.717, 1.165) is 35.2 Å². The molecule has 0 aromatic heterocycles. The van der Waals surface area contributed by atoms with Gasteiger partial charge in [0.1, 0.15) is 5.75 Å². The molecule has 1 amide bonds. The highest BCUT2D eigenvalue weighted by Gasteiger charge is 2.20. The molecule has 0 bridgehead atoms. The third-order valence-corrected chi connectivity index (χ3v) is 7.15. The summed E-state index contributed by atoms with van der Waals surface area (Å²) in [4.78, 5) is 12.7. The number of nitrogens with one attached hydrogen (secondary N) is 2. The predicted octanol–water partition coefficient (Wildman–Crippen LogP) is 4.90. The molecule has 0 aliphatic rings.